The number of nitrogens with one attached hydrogen (secondary N) is 1. The molecular formula is C13H11Cl2N3S2. The number of alkyl halides is 1. The van der Waals surface area contributed by atoms with Gasteiger partial charge in [0.05, 0.1) is 6.54 Å². The number of hydrogen-bond donors (Lipinski definition) is 1. The quantitative estimate of drug-likeness (QED) is 0.828. The Bertz CT molecular complexity index is 628. The van der Waals surface area contributed by atoms with Crippen molar-refractivity contribution in [2.45, 2.75) is 5.25 Å². The molecule has 1 atom stereocenters. The van der Waals surface area contributed by atoms with E-state index in [2.05, 4.69) is 15.3 Å². The molecule has 1 aromatic heterocycles. The molecule has 1 aliphatic heterocycles. The Morgan fingerprint density at radius 2 is 2.10 bits per heavy atom. The van der Waals surface area contributed by atoms with E-state index in [1.165, 1.54) is 11.3 Å². The first-order chi connectivity index (χ1) is 9.76. The lowest BCUT2D eigenvalue weighted by Crippen LogP contribution is -2.08. The van der Waals surface area contributed by atoms with Crippen molar-refractivity contribution in [1.29, 1.82) is 0 Å². The Balaban J connectivity index is 1.77. The zero-order chi connectivity index (χ0) is 13.9. The summed E-state index contributed by atoms with van der Waals surface area (Å²) in [5.74, 6) is 0.604. The number of anilines is 1. The first-order valence-corrected chi connectivity index (χ1v) is 8.63. The molecular weight excluding hydrogens is 333 g/mol. The van der Waals surface area contributed by atoms with Crippen LogP contribution in [0.15, 0.2) is 35.3 Å². The van der Waals surface area contributed by atoms with Crippen LogP contribution in [0.4, 0.5) is 5.13 Å². The van der Waals surface area contributed by atoms with Crippen molar-refractivity contribution in [3.8, 4) is 11.3 Å². The van der Waals surface area contributed by atoms with Gasteiger partial charge in [-0.3, -0.25) is 4.99 Å². The third kappa shape index (κ3) is 3.11. The highest BCUT2D eigenvalue weighted by atomic mass is 35.5. The van der Waals surface area contributed by atoms with Crippen LogP contribution in [-0.4, -0.2) is 27.8 Å². The molecule has 7 heteroatoms. The van der Waals surface area contributed by atoms with Gasteiger partial charge in [0.2, 0.25) is 0 Å². The Hall–Kier alpha value is -0.750. The van der Waals surface area contributed by atoms with Crippen LogP contribution in [0.1, 0.15) is 0 Å². The molecule has 3 nitrogen and oxygen atoms in total. The molecule has 2 heterocycles. The van der Waals surface area contributed by atoms with E-state index in [1.807, 2.05) is 30.3 Å². The molecule has 1 unspecified atom stereocenters. The molecule has 0 saturated heterocycles. The van der Waals surface area contributed by atoms with Crippen molar-refractivity contribution in [1.82, 2.24) is 4.98 Å². The number of amidine groups is 1. The summed E-state index contributed by atoms with van der Waals surface area (Å²) in [6.07, 6.45) is 0. The molecule has 1 N–H and O–H groups in total. The minimum absolute atomic E-state index is 0.350. The molecule has 1 aliphatic rings. The number of halogens is 2. The van der Waals surface area contributed by atoms with Crippen molar-refractivity contribution in [3.63, 3.8) is 0 Å². The third-order valence-electron chi connectivity index (χ3n) is 2.74. The summed E-state index contributed by atoms with van der Waals surface area (Å²) in [5.41, 5.74) is 1.82. The second kappa shape index (κ2) is 6.35. The highest BCUT2D eigenvalue weighted by molar-refractivity contribution is 8.15. The van der Waals surface area contributed by atoms with E-state index in [0.29, 0.717) is 15.5 Å². The van der Waals surface area contributed by atoms with E-state index in [9.17, 15) is 0 Å². The van der Waals surface area contributed by atoms with Crippen molar-refractivity contribution < 1.29 is 0 Å². The number of rotatable bonds is 3. The molecule has 104 valence electrons. The van der Waals surface area contributed by atoms with Gasteiger partial charge in [-0.05, 0) is 0 Å². The fourth-order valence-electron chi connectivity index (χ4n) is 1.79. The summed E-state index contributed by atoms with van der Waals surface area (Å²) in [5, 5.41) is 5.18. The first-order valence-electron chi connectivity index (χ1n) is 6.02. The average Bonchev–Trinajstić information content (AvgIpc) is 3.07. The van der Waals surface area contributed by atoms with Crippen molar-refractivity contribution in [2.75, 3.05) is 17.7 Å². The summed E-state index contributed by atoms with van der Waals surface area (Å²) >= 11 is 15.2. The van der Waals surface area contributed by atoms with Gasteiger partial charge < -0.3 is 5.32 Å². The Morgan fingerprint density at radius 1 is 1.30 bits per heavy atom. The summed E-state index contributed by atoms with van der Waals surface area (Å²) in [4.78, 5) is 8.95. The Kier molecular flexibility index (Phi) is 4.51. The van der Waals surface area contributed by atoms with Crippen LogP contribution in [0.3, 0.4) is 0 Å². The summed E-state index contributed by atoms with van der Waals surface area (Å²) in [6.45, 7) is 0.751. The number of aliphatic imine (C=N–C) groups is 1. The predicted molar refractivity (Wildman–Crippen MR) is 90.6 cm³/mol. The van der Waals surface area contributed by atoms with Crippen LogP contribution in [-0.2, 0) is 0 Å². The molecule has 0 amide bonds. The van der Waals surface area contributed by atoms with Gasteiger partial charge in [-0.15, -0.1) is 11.6 Å². The van der Waals surface area contributed by atoms with Gasteiger partial charge in [0.1, 0.15) is 10.0 Å². The fourth-order valence-corrected chi connectivity index (χ4v) is 4.06. The molecule has 0 radical (unpaired) electrons. The highest BCUT2D eigenvalue weighted by Crippen LogP contribution is 2.36. The normalized spacial score (nSPS) is 18.1. The van der Waals surface area contributed by atoms with Crippen LogP contribution >= 0.6 is 46.3 Å². The first kappa shape index (κ1) is 14.2. The maximum Gasteiger partial charge on any atom is 0.190 e. The largest absolute Gasteiger partial charge is 0.311 e. The molecule has 0 aliphatic carbocycles. The Labute approximate surface area is 135 Å². The lowest BCUT2D eigenvalue weighted by Gasteiger charge is -2.02. The minimum atomic E-state index is 0.350. The van der Waals surface area contributed by atoms with Crippen LogP contribution in [0.25, 0.3) is 11.3 Å². The molecule has 2 aromatic rings. The monoisotopic (exact) mass is 343 g/mol. The average molecular weight is 344 g/mol. The van der Waals surface area contributed by atoms with Gasteiger partial charge in [-0.25, -0.2) is 4.98 Å². The predicted octanol–water partition coefficient (Wildman–Crippen LogP) is 4.59. The number of aromatic nitrogens is 1. The second-order valence-electron chi connectivity index (χ2n) is 4.17. The van der Waals surface area contributed by atoms with Crippen LogP contribution in [0.5, 0.6) is 0 Å². The fraction of sp³-hybridized carbons (Fsp3) is 0.231. The van der Waals surface area contributed by atoms with E-state index in [4.69, 9.17) is 23.2 Å². The van der Waals surface area contributed by atoms with Gasteiger partial charge in [-0.2, -0.15) is 0 Å². The van der Waals surface area contributed by atoms with Crippen molar-refractivity contribution >= 4 is 56.6 Å². The standard InChI is InChI=1S/C13H11Cl2N3S2/c14-6-9-7-16-12(19-9)18-13-17-10(11(15)20-13)8-4-2-1-3-5-8/h1-5,9H,6-7H2,(H,16,17,18). The second-order valence-corrected chi connectivity index (χ2v) is 7.37. The van der Waals surface area contributed by atoms with Gasteiger partial charge in [-0.1, -0.05) is 65.0 Å². The third-order valence-corrected chi connectivity index (χ3v) is 5.56. The Morgan fingerprint density at radius 3 is 2.80 bits per heavy atom. The van der Waals surface area contributed by atoms with E-state index >= 15 is 0 Å². The van der Waals surface area contributed by atoms with Crippen molar-refractivity contribution in [2.24, 2.45) is 4.99 Å². The minimum Gasteiger partial charge on any atom is -0.311 e. The van der Waals surface area contributed by atoms with E-state index in [-0.39, 0.29) is 0 Å². The highest BCUT2D eigenvalue weighted by Gasteiger charge is 2.20. The zero-order valence-corrected chi connectivity index (χ0v) is 13.5. The molecule has 0 fully saturated rings. The lowest BCUT2D eigenvalue weighted by molar-refractivity contribution is 0.982. The maximum atomic E-state index is 6.27. The van der Waals surface area contributed by atoms with Crippen LogP contribution in [0.2, 0.25) is 4.34 Å². The SMILES string of the molecule is ClCC1CN=C(Nc2nc(-c3ccccc3)c(Cl)s2)S1. The smallest absolute Gasteiger partial charge is 0.190 e. The molecule has 0 bridgehead atoms. The van der Waals surface area contributed by atoms with E-state index in [1.54, 1.807) is 11.8 Å². The van der Waals surface area contributed by atoms with E-state index < -0.39 is 0 Å². The number of hydrogen-bond acceptors (Lipinski definition) is 5. The van der Waals surface area contributed by atoms with Crippen LogP contribution in [0, 0.1) is 0 Å². The molecule has 20 heavy (non-hydrogen) atoms. The topological polar surface area (TPSA) is 37.3 Å². The summed E-state index contributed by atoms with van der Waals surface area (Å²) < 4.78 is 0.677. The molecule has 0 saturated carbocycles. The van der Waals surface area contributed by atoms with Gasteiger partial charge >= 0.3 is 0 Å². The number of thiazole rings is 1. The van der Waals surface area contributed by atoms with Gasteiger partial charge in [0.15, 0.2) is 10.3 Å². The molecule has 1 aromatic carbocycles. The van der Waals surface area contributed by atoms with Gasteiger partial charge in [0.25, 0.3) is 0 Å². The molecule has 0 spiro atoms. The zero-order valence-electron chi connectivity index (χ0n) is 10.3. The lowest BCUT2D eigenvalue weighted by atomic mass is 10.2. The number of thioether (sulfide) groups is 1. The maximum absolute atomic E-state index is 6.27. The summed E-state index contributed by atoms with van der Waals surface area (Å²) in [7, 11) is 0. The van der Waals surface area contributed by atoms with Crippen LogP contribution < -0.4 is 5.32 Å². The number of nitrogens with zero attached hydrogens (tertiary/aromatic N) is 2. The van der Waals surface area contributed by atoms with Gasteiger partial charge in [0, 0.05) is 16.7 Å². The molecule has 3 rings (SSSR count). The summed E-state index contributed by atoms with van der Waals surface area (Å²) in [6, 6.07) is 9.91. The van der Waals surface area contributed by atoms with Crippen molar-refractivity contribution in [3.05, 3.63) is 34.7 Å². The number of benzene rings is 1. The van der Waals surface area contributed by atoms with E-state index in [0.717, 1.165) is 28.1 Å².